The molecular formula is C10H10ClNO5. The summed E-state index contributed by atoms with van der Waals surface area (Å²) in [6.07, 6.45) is 0. The van der Waals surface area contributed by atoms with Crippen LogP contribution in [-0.2, 0) is 9.53 Å². The summed E-state index contributed by atoms with van der Waals surface area (Å²) < 4.78 is 9.62. The van der Waals surface area contributed by atoms with Crippen molar-refractivity contribution in [2.45, 2.75) is 6.92 Å². The summed E-state index contributed by atoms with van der Waals surface area (Å²) in [4.78, 5) is 21.1. The Morgan fingerprint density at radius 3 is 2.82 bits per heavy atom. The van der Waals surface area contributed by atoms with Crippen molar-refractivity contribution in [2.75, 3.05) is 13.2 Å². The van der Waals surface area contributed by atoms with Crippen molar-refractivity contribution in [1.29, 1.82) is 0 Å². The first-order valence-corrected chi connectivity index (χ1v) is 5.15. The van der Waals surface area contributed by atoms with Gasteiger partial charge in [0.15, 0.2) is 6.61 Å². The maximum atomic E-state index is 11.0. The first kappa shape index (κ1) is 13.2. The molecule has 1 rings (SSSR count). The quantitative estimate of drug-likeness (QED) is 0.460. The third kappa shape index (κ3) is 3.60. The van der Waals surface area contributed by atoms with Gasteiger partial charge in [0.2, 0.25) is 5.75 Å². The number of halogens is 1. The lowest BCUT2D eigenvalue weighted by Gasteiger charge is -2.07. The van der Waals surface area contributed by atoms with Gasteiger partial charge in [0.25, 0.3) is 0 Å². The van der Waals surface area contributed by atoms with Crippen molar-refractivity contribution < 1.29 is 19.2 Å². The minimum atomic E-state index is -0.633. The molecule has 1 aromatic rings. The Kier molecular flexibility index (Phi) is 4.71. The minimum absolute atomic E-state index is 0.0727. The number of hydrogen-bond donors (Lipinski definition) is 0. The van der Waals surface area contributed by atoms with Gasteiger partial charge in [0.05, 0.1) is 16.6 Å². The lowest BCUT2D eigenvalue weighted by Crippen LogP contribution is -2.15. The van der Waals surface area contributed by atoms with Gasteiger partial charge in [-0.25, -0.2) is 4.79 Å². The van der Waals surface area contributed by atoms with Crippen LogP contribution in [0.25, 0.3) is 0 Å². The van der Waals surface area contributed by atoms with E-state index in [-0.39, 0.29) is 23.1 Å². The van der Waals surface area contributed by atoms with Crippen molar-refractivity contribution in [1.82, 2.24) is 0 Å². The molecule has 7 heteroatoms. The lowest BCUT2D eigenvalue weighted by molar-refractivity contribution is -0.385. The third-order valence-electron chi connectivity index (χ3n) is 1.78. The Bertz CT molecular complexity index is 435. The summed E-state index contributed by atoms with van der Waals surface area (Å²) >= 11 is 5.75. The summed E-state index contributed by atoms with van der Waals surface area (Å²) in [5, 5.41) is 10.8. The molecule has 0 spiro atoms. The number of esters is 1. The number of nitro groups is 1. The van der Waals surface area contributed by atoms with E-state index in [9.17, 15) is 14.9 Å². The van der Waals surface area contributed by atoms with Crippen LogP contribution >= 0.6 is 11.6 Å². The summed E-state index contributed by atoms with van der Waals surface area (Å²) in [6.45, 7) is 1.45. The molecule has 0 bridgehead atoms. The third-order valence-corrected chi connectivity index (χ3v) is 2.08. The van der Waals surface area contributed by atoms with Crippen LogP contribution in [0.1, 0.15) is 6.92 Å². The molecule has 1 aromatic carbocycles. The van der Waals surface area contributed by atoms with Gasteiger partial charge in [-0.15, -0.1) is 0 Å². The molecule has 0 radical (unpaired) electrons. The number of ether oxygens (including phenoxy) is 2. The van der Waals surface area contributed by atoms with Gasteiger partial charge in [0, 0.05) is 6.07 Å². The second-order valence-electron chi connectivity index (χ2n) is 2.94. The zero-order chi connectivity index (χ0) is 12.8. The van der Waals surface area contributed by atoms with E-state index in [1.807, 2.05) is 0 Å². The molecule has 0 aliphatic rings. The standard InChI is InChI=1S/C10H10ClNO5/c1-2-16-9(13)6-17-10-7(11)4-3-5-8(10)12(14)15/h3-5H,2,6H2,1H3. The smallest absolute Gasteiger partial charge is 0.344 e. The van der Waals surface area contributed by atoms with E-state index in [2.05, 4.69) is 4.74 Å². The molecule has 0 saturated carbocycles. The van der Waals surface area contributed by atoms with Crippen LogP contribution in [0, 0.1) is 10.1 Å². The number of nitrogens with zero attached hydrogens (tertiary/aromatic N) is 1. The zero-order valence-corrected chi connectivity index (χ0v) is 9.77. The molecular weight excluding hydrogens is 250 g/mol. The molecule has 0 fully saturated rings. The first-order valence-electron chi connectivity index (χ1n) is 4.77. The molecule has 92 valence electrons. The maximum Gasteiger partial charge on any atom is 0.344 e. The summed E-state index contributed by atoms with van der Waals surface area (Å²) in [7, 11) is 0. The van der Waals surface area contributed by atoms with Crippen LogP contribution in [-0.4, -0.2) is 24.1 Å². The SMILES string of the molecule is CCOC(=O)COc1c(Cl)cccc1[N+](=O)[O-]. The Morgan fingerprint density at radius 1 is 1.53 bits per heavy atom. The van der Waals surface area contributed by atoms with Crippen molar-refractivity contribution in [3.63, 3.8) is 0 Å². The Balaban J connectivity index is 2.82. The van der Waals surface area contributed by atoms with Crippen LogP contribution < -0.4 is 4.74 Å². The number of nitro benzene ring substituents is 1. The van der Waals surface area contributed by atoms with Gasteiger partial charge in [-0.2, -0.15) is 0 Å². The number of benzene rings is 1. The maximum absolute atomic E-state index is 11.0. The highest BCUT2D eigenvalue weighted by molar-refractivity contribution is 6.32. The summed E-state index contributed by atoms with van der Waals surface area (Å²) in [5.74, 6) is -0.742. The predicted octanol–water partition coefficient (Wildman–Crippen LogP) is 2.19. The van der Waals surface area contributed by atoms with Crippen LogP contribution in [0.3, 0.4) is 0 Å². The zero-order valence-electron chi connectivity index (χ0n) is 9.01. The van der Waals surface area contributed by atoms with Crippen molar-refractivity contribution >= 4 is 23.3 Å². The van der Waals surface area contributed by atoms with E-state index in [4.69, 9.17) is 16.3 Å². The van der Waals surface area contributed by atoms with Crippen molar-refractivity contribution in [3.8, 4) is 5.75 Å². The fraction of sp³-hybridized carbons (Fsp3) is 0.300. The second-order valence-corrected chi connectivity index (χ2v) is 3.35. The van der Waals surface area contributed by atoms with Crippen LogP contribution in [0.2, 0.25) is 5.02 Å². The molecule has 6 nitrogen and oxygen atoms in total. The van der Waals surface area contributed by atoms with Crippen LogP contribution in [0.4, 0.5) is 5.69 Å². The number of carbonyl (C=O) groups excluding carboxylic acids is 1. The first-order chi connectivity index (χ1) is 8.06. The highest BCUT2D eigenvalue weighted by Crippen LogP contribution is 2.34. The molecule has 17 heavy (non-hydrogen) atoms. The van der Waals surface area contributed by atoms with Gasteiger partial charge in [0.1, 0.15) is 0 Å². The van der Waals surface area contributed by atoms with Crippen molar-refractivity contribution in [3.05, 3.63) is 33.3 Å². The van der Waals surface area contributed by atoms with E-state index >= 15 is 0 Å². The van der Waals surface area contributed by atoms with Crippen molar-refractivity contribution in [2.24, 2.45) is 0 Å². The van der Waals surface area contributed by atoms with Gasteiger partial charge in [-0.05, 0) is 13.0 Å². The second kappa shape index (κ2) is 6.05. The Hall–Kier alpha value is -1.82. The fourth-order valence-corrected chi connectivity index (χ4v) is 1.34. The molecule has 0 saturated heterocycles. The Morgan fingerprint density at radius 2 is 2.24 bits per heavy atom. The normalized spacial score (nSPS) is 9.76. The molecule has 0 aromatic heterocycles. The highest BCUT2D eigenvalue weighted by atomic mass is 35.5. The van der Waals surface area contributed by atoms with Crippen LogP contribution in [0.5, 0.6) is 5.75 Å². The average molecular weight is 260 g/mol. The van der Waals surface area contributed by atoms with E-state index < -0.39 is 17.5 Å². The largest absolute Gasteiger partial charge is 0.474 e. The Labute approximate surface area is 102 Å². The molecule has 0 amide bonds. The number of rotatable bonds is 5. The lowest BCUT2D eigenvalue weighted by atomic mass is 10.3. The topological polar surface area (TPSA) is 78.7 Å². The number of para-hydroxylation sites is 1. The molecule has 0 atom stereocenters. The molecule has 0 unspecified atom stereocenters. The van der Waals surface area contributed by atoms with E-state index in [0.29, 0.717) is 0 Å². The molecule has 0 aliphatic carbocycles. The van der Waals surface area contributed by atoms with E-state index in [1.165, 1.54) is 18.2 Å². The van der Waals surface area contributed by atoms with Gasteiger partial charge in [-0.3, -0.25) is 10.1 Å². The fourth-order valence-electron chi connectivity index (χ4n) is 1.12. The van der Waals surface area contributed by atoms with E-state index in [1.54, 1.807) is 6.92 Å². The predicted molar refractivity (Wildman–Crippen MR) is 60.2 cm³/mol. The monoisotopic (exact) mass is 259 g/mol. The van der Waals surface area contributed by atoms with E-state index in [0.717, 1.165) is 0 Å². The highest BCUT2D eigenvalue weighted by Gasteiger charge is 2.19. The van der Waals surface area contributed by atoms with Gasteiger partial charge >= 0.3 is 11.7 Å². The molecule has 0 N–H and O–H groups in total. The molecule has 0 heterocycles. The van der Waals surface area contributed by atoms with Gasteiger partial charge in [-0.1, -0.05) is 17.7 Å². The van der Waals surface area contributed by atoms with Gasteiger partial charge < -0.3 is 9.47 Å². The van der Waals surface area contributed by atoms with Crippen LogP contribution in [0.15, 0.2) is 18.2 Å². The number of carbonyl (C=O) groups is 1. The minimum Gasteiger partial charge on any atom is -0.474 e. The average Bonchev–Trinajstić information content (AvgIpc) is 2.27. The molecule has 0 aliphatic heterocycles. The summed E-state index contributed by atoms with van der Waals surface area (Å²) in [6, 6.07) is 4.11. The number of hydrogen-bond acceptors (Lipinski definition) is 5. The summed E-state index contributed by atoms with van der Waals surface area (Å²) in [5.41, 5.74) is -0.290.